The molecule has 3 nitrogen and oxygen atoms in total. The van der Waals surface area contributed by atoms with E-state index >= 15 is 0 Å². The average Bonchev–Trinajstić information content (AvgIpc) is 2.76. The first-order chi connectivity index (χ1) is 8.53. The summed E-state index contributed by atoms with van der Waals surface area (Å²) in [7, 11) is 0. The van der Waals surface area contributed by atoms with E-state index in [1.165, 1.54) is 0 Å². The number of halogens is 1. The molecular formula is C14H17ClN2O. The first kappa shape index (κ1) is 13.1. The van der Waals surface area contributed by atoms with Crippen molar-refractivity contribution in [2.45, 2.75) is 32.4 Å². The average molecular weight is 265 g/mol. The SMILES string of the molecule is CCn1cc(CC(C)(O)c2ccccc2Cl)cn1. The lowest BCUT2D eigenvalue weighted by atomic mass is 9.90. The highest BCUT2D eigenvalue weighted by Gasteiger charge is 2.26. The zero-order valence-electron chi connectivity index (χ0n) is 10.6. The van der Waals surface area contributed by atoms with Crippen molar-refractivity contribution in [2.24, 2.45) is 0 Å². The summed E-state index contributed by atoms with van der Waals surface area (Å²) in [5.41, 5.74) is 0.762. The minimum absolute atomic E-state index is 0.497. The molecule has 2 rings (SSSR count). The molecule has 0 saturated carbocycles. The van der Waals surface area contributed by atoms with Gasteiger partial charge in [-0.15, -0.1) is 0 Å². The van der Waals surface area contributed by atoms with Crippen molar-refractivity contribution in [1.29, 1.82) is 0 Å². The number of benzene rings is 1. The van der Waals surface area contributed by atoms with Gasteiger partial charge < -0.3 is 5.11 Å². The van der Waals surface area contributed by atoms with Crippen molar-refractivity contribution in [3.05, 3.63) is 52.8 Å². The van der Waals surface area contributed by atoms with E-state index in [0.29, 0.717) is 11.4 Å². The zero-order valence-corrected chi connectivity index (χ0v) is 11.4. The molecule has 1 unspecified atom stereocenters. The fraction of sp³-hybridized carbons (Fsp3) is 0.357. The van der Waals surface area contributed by atoms with E-state index in [-0.39, 0.29) is 0 Å². The number of hydrogen-bond acceptors (Lipinski definition) is 2. The molecule has 1 atom stereocenters. The molecule has 0 aliphatic carbocycles. The second-order valence-electron chi connectivity index (χ2n) is 4.63. The molecule has 1 heterocycles. The second-order valence-corrected chi connectivity index (χ2v) is 5.04. The summed E-state index contributed by atoms with van der Waals surface area (Å²) in [6, 6.07) is 7.38. The largest absolute Gasteiger partial charge is 0.385 e. The third-order valence-electron chi connectivity index (χ3n) is 3.01. The quantitative estimate of drug-likeness (QED) is 0.922. The van der Waals surface area contributed by atoms with Gasteiger partial charge in [-0.25, -0.2) is 0 Å². The Kier molecular flexibility index (Phi) is 3.73. The lowest BCUT2D eigenvalue weighted by Gasteiger charge is -2.24. The Labute approximate surface area is 112 Å². The molecule has 4 heteroatoms. The molecule has 0 aliphatic heterocycles. The Balaban J connectivity index is 2.24. The second kappa shape index (κ2) is 5.12. The van der Waals surface area contributed by atoms with Gasteiger partial charge in [0.2, 0.25) is 0 Å². The standard InChI is InChI=1S/C14H17ClN2O/c1-3-17-10-11(9-16-17)8-14(2,18)12-6-4-5-7-13(12)15/h4-7,9-10,18H,3,8H2,1-2H3. The van der Waals surface area contributed by atoms with Crippen molar-refractivity contribution in [1.82, 2.24) is 9.78 Å². The maximum absolute atomic E-state index is 10.6. The van der Waals surface area contributed by atoms with E-state index in [2.05, 4.69) is 5.10 Å². The molecule has 0 saturated heterocycles. The third kappa shape index (κ3) is 2.74. The molecule has 0 bridgehead atoms. The molecule has 0 spiro atoms. The molecule has 96 valence electrons. The Morgan fingerprint density at radius 3 is 2.72 bits per heavy atom. The monoisotopic (exact) mass is 264 g/mol. The van der Waals surface area contributed by atoms with E-state index in [9.17, 15) is 5.11 Å². The number of hydrogen-bond donors (Lipinski definition) is 1. The van der Waals surface area contributed by atoms with Crippen LogP contribution < -0.4 is 0 Å². The maximum atomic E-state index is 10.6. The Hall–Kier alpha value is -1.32. The van der Waals surface area contributed by atoms with E-state index in [1.807, 2.05) is 36.0 Å². The lowest BCUT2D eigenvalue weighted by molar-refractivity contribution is 0.0577. The van der Waals surface area contributed by atoms with Crippen molar-refractivity contribution < 1.29 is 5.11 Å². The highest BCUT2D eigenvalue weighted by atomic mass is 35.5. The summed E-state index contributed by atoms with van der Waals surface area (Å²) in [5.74, 6) is 0. The molecular weight excluding hydrogens is 248 g/mol. The normalized spacial score (nSPS) is 14.4. The molecule has 1 aromatic heterocycles. The highest BCUT2D eigenvalue weighted by Crippen LogP contribution is 2.30. The van der Waals surface area contributed by atoms with Crippen LogP contribution in [0.1, 0.15) is 25.0 Å². The van der Waals surface area contributed by atoms with Crippen molar-refractivity contribution in [3.8, 4) is 0 Å². The van der Waals surface area contributed by atoms with Crippen LogP contribution in [0.4, 0.5) is 0 Å². The minimum Gasteiger partial charge on any atom is -0.385 e. The van der Waals surface area contributed by atoms with Crippen LogP contribution in [0.5, 0.6) is 0 Å². The molecule has 2 aromatic rings. The van der Waals surface area contributed by atoms with Crippen LogP contribution in [0.2, 0.25) is 5.02 Å². The first-order valence-corrected chi connectivity index (χ1v) is 6.39. The Morgan fingerprint density at radius 2 is 2.11 bits per heavy atom. The summed E-state index contributed by atoms with van der Waals surface area (Å²) in [6.07, 6.45) is 4.23. The molecule has 0 fully saturated rings. The van der Waals surface area contributed by atoms with E-state index in [1.54, 1.807) is 19.2 Å². The summed E-state index contributed by atoms with van der Waals surface area (Å²) < 4.78 is 1.85. The lowest BCUT2D eigenvalue weighted by Crippen LogP contribution is -2.24. The van der Waals surface area contributed by atoms with Crippen LogP contribution in [0, 0.1) is 0 Å². The van der Waals surface area contributed by atoms with Crippen LogP contribution in [0.3, 0.4) is 0 Å². The molecule has 1 N–H and O–H groups in total. The fourth-order valence-electron chi connectivity index (χ4n) is 2.06. The summed E-state index contributed by atoms with van der Waals surface area (Å²) in [5, 5.41) is 15.4. The predicted octanol–water partition coefficient (Wildman–Crippen LogP) is 3.01. The van der Waals surface area contributed by atoms with Crippen LogP contribution in [-0.2, 0) is 18.6 Å². The van der Waals surface area contributed by atoms with Crippen LogP contribution in [0.15, 0.2) is 36.7 Å². The van der Waals surface area contributed by atoms with Gasteiger partial charge in [0.25, 0.3) is 0 Å². The zero-order chi connectivity index (χ0) is 13.2. The third-order valence-corrected chi connectivity index (χ3v) is 3.34. The van der Waals surface area contributed by atoms with E-state index in [4.69, 9.17) is 11.6 Å². The minimum atomic E-state index is -0.986. The van der Waals surface area contributed by atoms with E-state index < -0.39 is 5.60 Å². The van der Waals surface area contributed by atoms with Gasteiger partial charge >= 0.3 is 0 Å². The summed E-state index contributed by atoms with van der Waals surface area (Å²) in [6.45, 7) is 4.63. The Morgan fingerprint density at radius 1 is 1.39 bits per heavy atom. The van der Waals surface area contributed by atoms with Gasteiger partial charge in [0.1, 0.15) is 0 Å². The van der Waals surface area contributed by atoms with Crippen LogP contribution in [-0.4, -0.2) is 14.9 Å². The van der Waals surface area contributed by atoms with Crippen molar-refractivity contribution >= 4 is 11.6 Å². The number of aliphatic hydroxyl groups is 1. The summed E-state index contributed by atoms with van der Waals surface area (Å²) in [4.78, 5) is 0. The molecule has 0 radical (unpaired) electrons. The maximum Gasteiger partial charge on any atom is 0.0924 e. The first-order valence-electron chi connectivity index (χ1n) is 6.01. The van der Waals surface area contributed by atoms with Gasteiger partial charge in [0.05, 0.1) is 11.8 Å². The van der Waals surface area contributed by atoms with E-state index in [0.717, 1.165) is 17.7 Å². The molecule has 0 amide bonds. The topological polar surface area (TPSA) is 38.0 Å². The fourth-order valence-corrected chi connectivity index (χ4v) is 2.40. The number of aryl methyl sites for hydroxylation is 1. The van der Waals surface area contributed by atoms with Crippen LogP contribution in [0.25, 0.3) is 0 Å². The van der Waals surface area contributed by atoms with Crippen molar-refractivity contribution in [2.75, 3.05) is 0 Å². The molecule has 1 aromatic carbocycles. The number of rotatable bonds is 4. The Bertz CT molecular complexity index is 534. The van der Waals surface area contributed by atoms with Gasteiger partial charge in [-0.1, -0.05) is 29.8 Å². The molecule has 18 heavy (non-hydrogen) atoms. The molecule has 0 aliphatic rings. The number of nitrogens with zero attached hydrogens (tertiary/aromatic N) is 2. The van der Waals surface area contributed by atoms with Gasteiger partial charge in [0, 0.05) is 29.7 Å². The van der Waals surface area contributed by atoms with Gasteiger partial charge in [0.15, 0.2) is 0 Å². The van der Waals surface area contributed by atoms with Gasteiger partial charge in [-0.05, 0) is 25.5 Å². The highest BCUT2D eigenvalue weighted by molar-refractivity contribution is 6.31. The van der Waals surface area contributed by atoms with Crippen molar-refractivity contribution in [3.63, 3.8) is 0 Å². The van der Waals surface area contributed by atoms with Crippen LogP contribution >= 0.6 is 11.6 Å². The van der Waals surface area contributed by atoms with Gasteiger partial charge in [-0.3, -0.25) is 4.68 Å². The number of aromatic nitrogens is 2. The predicted molar refractivity (Wildman–Crippen MR) is 72.6 cm³/mol. The smallest absolute Gasteiger partial charge is 0.0924 e. The summed E-state index contributed by atoms with van der Waals surface area (Å²) >= 11 is 6.13. The van der Waals surface area contributed by atoms with Gasteiger partial charge in [-0.2, -0.15) is 5.10 Å².